The second-order valence-electron chi connectivity index (χ2n) is 7.66. The minimum Gasteiger partial charge on any atom is -0.363 e. The molecule has 0 aromatic rings. The third-order valence-corrected chi connectivity index (χ3v) is 8.46. The van der Waals surface area contributed by atoms with Gasteiger partial charge in [0.25, 0.3) is 0 Å². The number of sulfonamides is 1. The molecule has 7 heteroatoms. The number of carbonyl (C=O) groups excluding carboxylic acids is 1. The van der Waals surface area contributed by atoms with Crippen molar-refractivity contribution in [3.63, 3.8) is 0 Å². The summed E-state index contributed by atoms with van der Waals surface area (Å²) in [5, 5.41) is -0.144. The number of hydrogen-bond acceptors (Lipinski definition) is 4. The summed E-state index contributed by atoms with van der Waals surface area (Å²) in [6.07, 6.45) is 5.43. The minimum absolute atomic E-state index is 0.0372. The fourth-order valence-corrected chi connectivity index (χ4v) is 5.85. The topological polar surface area (TPSA) is 66.9 Å². The predicted molar refractivity (Wildman–Crippen MR) is 85.3 cm³/mol. The summed E-state index contributed by atoms with van der Waals surface area (Å²) < 4.78 is 32.4. The van der Waals surface area contributed by atoms with E-state index in [1.54, 1.807) is 4.31 Å². The van der Waals surface area contributed by atoms with Crippen molar-refractivity contribution in [3.05, 3.63) is 0 Å². The van der Waals surface area contributed by atoms with Crippen LogP contribution in [0.1, 0.15) is 45.4 Å². The molecular formula is C16H26N2O4S. The van der Waals surface area contributed by atoms with E-state index in [-0.39, 0.29) is 29.4 Å². The molecule has 4 fully saturated rings. The number of ether oxygens (including phenoxy) is 1. The van der Waals surface area contributed by atoms with Gasteiger partial charge in [-0.15, -0.1) is 0 Å². The van der Waals surface area contributed by atoms with Crippen molar-refractivity contribution < 1.29 is 17.9 Å². The molecule has 1 amide bonds. The van der Waals surface area contributed by atoms with Gasteiger partial charge in [-0.3, -0.25) is 4.79 Å². The van der Waals surface area contributed by atoms with Crippen molar-refractivity contribution in [2.75, 3.05) is 26.2 Å². The van der Waals surface area contributed by atoms with Crippen LogP contribution in [0.25, 0.3) is 0 Å². The van der Waals surface area contributed by atoms with Crippen LogP contribution in [-0.4, -0.2) is 66.7 Å². The van der Waals surface area contributed by atoms with Crippen LogP contribution < -0.4 is 0 Å². The Labute approximate surface area is 138 Å². The maximum absolute atomic E-state index is 12.4. The molecule has 1 atom stereocenters. The number of hydrogen-bond donors (Lipinski definition) is 0. The minimum atomic E-state index is -3.10. The van der Waals surface area contributed by atoms with E-state index < -0.39 is 10.0 Å². The Kier molecular flexibility index (Phi) is 3.74. The molecule has 130 valence electrons. The van der Waals surface area contributed by atoms with Gasteiger partial charge in [-0.05, 0) is 51.4 Å². The van der Waals surface area contributed by atoms with E-state index in [0.29, 0.717) is 31.8 Å². The lowest BCUT2D eigenvalue weighted by Crippen LogP contribution is -2.64. The fraction of sp³-hybridized carbons (Fsp3) is 0.938. The molecule has 23 heavy (non-hydrogen) atoms. The number of nitrogens with zero attached hydrogens (tertiary/aromatic N) is 2. The van der Waals surface area contributed by atoms with Crippen molar-refractivity contribution >= 4 is 15.9 Å². The van der Waals surface area contributed by atoms with E-state index in [4.69, 9.17) is 4.74 Å². The first-order valence-electron chi connectivity index (χ1n) is 8.85. The maximum atomic E-state index is 12.4. The molecule has 4 aliphatic rings. The van der Waals surface area contributed by atoms with Gasteiger partial charge in [-0.25, -0.2) is 12.7 Å². The summed E-state index contributed by atoms with van der Waals surface area (Å²) in [5.41, 5.74) is -0.363. The fourth-order valence-electron chi connectivity index (χ4n) is 4.01. The monoisotopic (exact) mass is 342 g/mol. The highest BCUT2D eigenvalue weighted by Gasteiger charge is 2.51. The lowest BCUT2D eigenvalue weighted by molar-refractivity contribution is -0.184. The molecule has 0 N–H and O–H groups in total. The highest BCUT2D eigenvalue weighted by Crippen LogP contribution is 2.40. The lowest BCUT2D eigenvalue weighted by atomic mass is 9.83. The molecule has 2 aliphatic carbocycles. The van der Waals surface area contributed by atoms with Crippen molar-refractivity contribution in [2.24, 2.45) is 5.92 Å². The van der Waals surface area contributed by atoms with Crippen LogP contribution in [0.15, 0.2) is 0 Å². The number of amides is 1. The third-order valence-electron chi connectivity index (χ3n) is 6.06. The van der Waals surface area contributed by atoms with Crippen LogP contribution in [0.2, 0.25) is 0 Å². The molecule has 4 rings (SSSR count). The highest BCUT2D eigenvalue weighted by atomic mass is 32.2. The first-order valence-corrected chi connectivity index (χ1v) is 10.4. The van der Waals surface area contributed by atoms with E-state index in [1.165, 1.54) is 12.8 Å². The largest absolute Gasteiger partial charge is 0.363 e. The first kappa shape index (κ1) is 15.8. The van der Waals surface area contributed by atoms with E-state index in [9.17, 15) is 13.2 Å². The number of piperidine rings is 1. The molecule has 1 spiro atoms. The number of morpholine rings is 1. The zero-order chi connectivity index (χ0) is 16.2. The Bertz CT molecular complexity index is 589. The summed E-state index contributed by atoms with van der Waals surface area (Å²) in [5.74, 6) is 0.745. The molecule has 0 bridgehead atoms. The Morgan fingerprint density at radius 3 is 2.39 bits per heavy atom. The van der Waals surface area contributed by atoms with Crippen LogP contribution in [-0.2, 0) is 19.6 Å². The number of carbonyl (C=O) groups is 1. The van der Waals surface area contributed by atoms with E-state index in [1.807, 2.05) is 4.90 Å². The van der Waals surface area contributed by atoms with Gasteiger partial charge in [-0.1, -0.05) is 0 Å². The SMILES string of the molecule is C[C@H]1N(CC2CC2)C(=O)COC12CCN(S(=O)(=O)C1CC1)CC2. The summed E-state index contributed by atoms with van der Waals surface area (Å²) in [7, 11) is -3.10. The molecule has 2 aliphatic heterocycles. The highest BCUT2D eigenvalue weighted by molar-refractivity contribution is 7.90. The molecule has 0 aromatic carbocycles. The van der Waals surface area contributed by atoms with Gasteiger partial charge < -0.3 is 9.64 Å². The molecule has 2 saturated carbocycles. The standard InChI is InChI=1S/C16H26N2O4S/c1-12-16(22-11-15(19)18(12)10-13-2-3-13)6-8-17(9-7-16)23(20,21)14-4-5-14/h12-14H,2-11H2,1H3/t12-/m1/s1. The zero-order valence-electron chi connectivity index (χ0n) is 13.7. The second kappa shape index (κ2) is 5.43. The van der Waals surface area contributed by atoms with Gasteiger partial charge >= 0.3 is 0 Å². The summed E-state index contributed by atoms with van der Waals surface area (Å²) in [6, 6.07) is 0.0372. The van der Waals surface area contributed by atoms with Crippen LogP contribution >= 0.6 is 0 Å². The van der Waals surface area contributed by atoms with Gasteiger partial charge in [0.05, 0.1) is 16.9 Å². The average Bonchev–Trinajstić information content (AvgIpc) is 3.40. The summed E-state index contributed by atoms with van der Waals surface area (Å²) >= 11 is 0. The molecule has 0 radical (unpaired) electrons. The first-order chi connectivity index (χ1) is 10.9. The second-order valence-corrected chi connectivity index (χ2v) is 9.88. The zero-order valence-corrected chi connectivity index (χ0v) is 14.6. The van der Waals surface area contributed by atoms with Crippen LogP contribution in [0.5, 0.6) is 0 Å². The van der Waals surface area contributed by atoms with Crippen LogP contribution in [0, 0.1) is 5.92 Å². The van der Waals surface area contributed by atoms with Gasteiger partial charge in [0.2, 0.25) is 15.9 Å². The van der Waals surface area contributed by atoms with Gasteiger partial charge in [0.1, 0.15) is 6.61 Å². The molecular weight excluding hydrogens is 316 g/mol. The van der Waals surface area contributed by atoms with Gasteiger partial charge in [0, 0.05) is 19.6 Å². The molecule has 2 heterocycles. The van der Waals surface area contributed by atoms with E-state index in [2.05, 4.69) is 6.92 Å². The van der Waals surface area contributed by atoms with Crippen LogP contribution in [0.4, 0.5) is 0 Å². The van der Waals surface area contributed by atoms with E-state index in [0.717, 1.165) is 19.4 Å². The van der Waals surface area contributed by atoms with Gasteiger partial charge in [-0.2, -0.15) is 0 Å². The molecule has 0 aromatic heterocycles. The molecule has 6 nitrogen and oxygen atoms in total. The Morgan fingerprint density at radius 1 is 1.17 bits per heavy atom. The smallest absolute Gasteiger partial charge is 0.248 e. The Hall–Kier alpha value is -0.660. The van der Waals surface area contributed by atoms with Gasteiger partial charge in [0.15, 0.2) is 0 Å². The van der Waals surface area contributed by atoms with Crippen molar-refractivity contribution in [1.29, 1.82) is 0 Å². The Balaban J connectivity index is 1.45. The Morgan fingerprint density at radius 2 is 1.83 bits per heavy atom. The summed E-state index contributed by atoms with van der Waals surface area (Å²) in [4.78, 5) is 14.2. The van der Waals surface area contributed by atoms with Crippen LogP contribution in [0.3, 0.4) is 0 Å². The van der Waals surface area contributed by atoms with Crippen molar-refractivity contribution in [3.8, 4) is 0 Å². The number of rotatable bonds is 4. The summed E-state index contributed by atoms with van der Waals surface area (Å²) in [6.45, 7) is 4.11. The third kappa shape index (κ3) is 2.81. The molecule has 0 unspecified atom stereocenters. The van der Waals surface area contributed by atoms with Crippen molar-refractivity contribution in [1.82, 2.24) is 9.21 Å². The average molecular weight is 342 g/mol. The predicted octanol–water partition coefficient (Wildman–Crippen LogP) is 0.971. The normalized spacial score (nSPS) is 32.5. The quantitative estimate of drug-likeness (QED) is 0.763. The lowest BCUT2D eigenvalue weighted by Gasteiger charge is -2.51. The van der Waals surface area contributed by atoms with Crippen molar-refractivity contribution in [2.45, 2.75) is 62.3 Å². The maximum Gasteiger partial charge on any atom is 0.248 e. The van der Waals surface area contributed by atoms with E-state index >= 15 is 0 Å². The molecule has 2 saturated heterocycles.